The van der Waals surface area contributed by atoms with Crippen molar-refractivity contribution < 1.29 is 14.7 Å². The van der Waals surface area contributed by atoms with E-state index in [2.05, 4.69) is 5.32 Å². The van der Waals surface area contributed by atoms with Crippen molar-refractivity contribution in [3.8, 4) is 0 Å². The van der Waals surface area contributed by atoms with Crippen LogP contribution in [0.2, 0.25) is 0 Å². The van der Waals surface area contributed by atoms with Gasteiger partial charge in [-0.3, -0.25) is 4.79 Å². The van der Waals surface area contributed by atoms with Gasteiger partial charge in [-0.25, -0.2) is 4.79 Å². The molecule has 5 nitrogen and oxygen atoms in total. The van der Waals surface area contributed by atoms with E-state index in [1.165, 1.54) is 11.8 Å². The Balaban J connectivity index is 1.77. The summed E-state index contributed by atoms with van der Waals surface area (Å²) in [5, 5.41) is 12.4. The molecule has 0 fully saturated rings. The van der Waals surface area contributed by atoms with E-state index in [4.69, 9.17) is 12.2 Å². The van der Waals surface area contributed by atoms with Crippen LogP contribution in [0.4, 0.5) is 5.69 Å². The number of nitrogens with one attached hydrogen (secondary N) is 1. The highest BCUT2D eigenvalue weighted by Crippen LogP contribution is 2.17. The van der Waals surface area contributed by atoms with Crippen LogP contribution in [0.1, 0.15) is 28.8 Å². The first kappa shape index (κ1) is 22.9. The van der Waals surface area contributed by atoms with Crippen molar-refractivity contribution in [2.24, 2.45) is 0 Å². The lowest BCUT2D eigenvalue weighted by atomic mass is 10.1. The highest BCUT2D eigenvalue weighted by molar-refractivity contribution is 7.98. The Morgan fingerprint density at radius 3 is 2.31 bits per heavy atom. The van der Waals surface area contributed by atoms with E-state index in [0.717, 1.165) is 17.0 Å². The number of hydrogen-bond donors (Lipinski definition) is 2. The predicted molar refractivity (Wildman–Crippen MR) is 124 cm³/mol. The largest absolute Gasteiger partial charge is 0.480 e. The second kappa shape index (κ2) is 11.6. The zero-order chi connectivity index (χ0) is 21.2. The lowest BCUT2D eigenvalue weighted by Gasteiger charge is -2.16. The smallest absolute Gasteiger partial charge is 0.326 e. The van der Waals surface area contributed by atoms with Crippen molar-refractivity contribution in [1.29, 1.82) is 0 Å². The molecule has 1 atom stereocenters. The van der Waals surface area contributed by atoms with Crippen LogP contribution in [0, 0.1) is 0 Å². The number of carbonyl (C=O) groups is 2. The summed E-state index contributed by atoms with van der Waals surface area (Å²) in [5.41, 5.74) is 2.90. The van der Waals surface area contributed by atoms with Crippen molar-refractivity contribution in [1.82, 2.24) is 5.32 Å². The Bertz CT molecular complexity index is 824. The van der Waals surface area contributed by atoms with Crippen LogP contribution >= 0.6 is 24.0 Å². The summed E-state index contributed by atoms with van der Waals surface area (Å²) in [6.07, 6.45) is 0.594. The number of thiocarbonyl (C=S) groups is 1. The maximum absolute atomic E-state index is 12.2. The van der Waals surface area contributed by atoms with Gasteiger partial charge in [0.2, 0.25) is 0 Å². The fraction of sp³-hybridized carbons (Fsp3) is 0.318. The van der Waals surface area contributed by atoms with Crippen LogP contribution in [-0.2, 0) is 10.5 Å². The SMILES string of the molecule is CN(C)c1ccc(CSC[C@H](NC(=S)CCC(=O)c2ccccc2)C(=O)O)cc1. The van der Waals surface area contributed by atoms with Crippen LogP contribution in [-0.4, -0.2) is 47.7 Å². The van der Waals surface area contributed by atoms with E-state index in [9.17, 15) is 14.7 Å². The number of rotatable bonds is 11. The van der Waals surface area contributed by atoms with E-state index in [1.807, 2.05) is 61.5 Å². The molecule has 154 valence electrons. The van der Waals surface area contributed by atoms with Crippen molar-refractivity contribution in [2.45, 2.75) is 24.6 Å². The van der Waals surface area contributed by atoms with Gasteiger partial charge in [-0.15, -0.1) is 0 Å². The minimum Gasteiger partial charge on any atom is -0.480 e. The van der Waals surface area contributed by atoms with Gasteiger partial charge in [0, 0.05) is 49.7 Å². The highest BCUT2D eigenvalue weighted by Gasteiger charge is 2.19. The third kappa shape index (κ3) is 7.87. The molecule has 7 heteroatoms. The standard InChI is InChI=1S/C22H26N2O3S2/c1-24(2)18-10-8-16(9-11-18)14-29-15-19(22(26)27)23-21(28)13-12-20(25)17-6-4-3-5-7-17/h3-11,19H,12-15H2,1-2H3,(H,23,28)(H,26,27)/t19-/m0/s1. The molecule has 0 saturated carbocycles. The van der Waals surface area contributed by atoms with Crippen molar-refractivity contribution >= 4 is 46.4 Å². The normalized spacial score (nSPS) is 11.5. The molecule has 0 aliphatic rings. The second-order valence-electron chi connectivity index (χ2n) is 6.82. The predicted octanol–water partition coefficient (Wildman–Crippen LogP) is 4.02. The summed E-state index contributed by atoms with van der Waals surface area (Å²) in [7, 11) is 3.98. The first-order valence-corrected chi connectivity index (χ1v) is 10.9. The van der Waals surface area contributed by atoms with Crippen LogP contribution in [0.3, 0.4) is 0 Å². The molecule has 2 rings (SSSR count). The minimum atomic E-state index is -0.947. The minimum absolute atomic E-state index is 0.00262. The molecular formula is C22H26N2O3S2. The third-order valence-corrected chi connectivity index (χ3v) is 5.74. The first-order chi connectivity index (χ1) is 13.9. The Morgan fingerprint density at radius 2 is 1.72 bits per heavy atom. The summed E-state index contributed by atoms with van der Waals surface area (Å²) >= 11 is 6.80. The number of carboxylic acid groups (broad SMARTS) is 1. The van der Waals surface area contributed by atoms with Crippen LogP contribution in [0.25, 0.3) is 0 Å². The van der Waals surface area contributed by atoms with Gasteiger partial charge in [0.1, 0.15) is 6.04 Å². The topological polar surface area (TPSA) is 69.6 Å². The molecule has 29 heavy (non-hydrogen) atoms. The molecule has 0 unspecified atom stereocenters. The lowest BCUT2D eigenvalue weighted by molar-refractivity contribution is -0.138. The highest BCUT2D eigenvalue weighted by atomic mass is 32.2. The van der Waals surface area contributed by atoms with Gasteiger partial charge >= 0.3 is 5.97 Å². The number of ketones is 1. The van der Waals surface area contributed by atoms with E-state index in [1.54, 1.807) is 12.1 Å². The number of benzene rings is 2. The summed E-state index contributed by atoms with van der Waals surface area (Å²) in [6.45, 7) is 0. The fourth-order valence-corrected chi connectivity index (χ4v) is 3.87. The van der Waals surface area contributed by atoms with Crippen LogP contribution < -0.4 is 10.2 Å². The molecule has 0 spiro atoms. The molecule has 0 aliphatic carbocycles. The van der Waals surface area contributed by atoms with Crippen molar-refractivity contribution in [2.75, 3.05) is 24.7 Å². The number of carbonyl (C=O) groups excluding carboxylic acids is 1. The molecule has 0 saturated heterocycles. The van der Waals surface area contributed by atoms with Gasteiger partial charge in [0.25, 0.3) is 0 Å². The quantitative estimate of drug-likeness (QED) is 0.412. The second-order valence-corrected chi connectivity index (χ2v) is 8.35. The zero-order valence-electron chi connectivity index (χ0n) is 16.6. The molecule has 0 heterocycles. The Hall–Kier alpha value is -2.38. The van der Waals surface area contributed by atoms with E-state index in [0.29, 0.717) is 22.7 Å². The summed E-state index contributed by atoms with van der Waals surface area (Å²) in [4.78, 5) is 26.1. The van der Waals surface area contributed by atoms with E-state index < -0.39 is 12.0 Å². The zero-order valence-corrected chi connectivity index (χ0v) is 18.3. The molecule has 0 amide bonds. The van der Waals surface area contributed by atoms with Gasteiger partial charge < -0.3 is 15.3 Å². The van der Waals surface area contributed by atoms with Gasteiger partial charge in [-0.2, -0.15) is 11.8 Å². The number of hydrogen-bond acceptors (Lipinski definition) is 5. The monoisotopic (exact) mass is 430 g/mol. The molecule has 2 aromatic rings. The van der Waals surface area contributed by atoms with E-state index >= 15 is 0 Å². The lowest BCUT2D eigenvalue weighted by Crippen LogP contribution is -2.42. The van der Waals surface area contributed by atoms with Crippen molar-refractivity contribution in [3.63, 3.8) is 0 Å². The van der Waals surface area contributed by atoms with E-state index in [-0.39, 0.29) is 12.2 Å². The molecule has 0 aliphatic heterocycles. The average molecular weight is 431 g/mol. The Morgan fingerprint density at radius 1 is 1.07 bits per heavy atom. The van der Waals surface area contributed by atoms with Gasteiger partial charge in [-0.05, 0) is 17.7 Å². The number of nitrogens with zero attached hydrogens (tertiary/aromatic N) is 1. The molecule has 2 N–H and O–H groups in total. The van der Waals surface area contributed by atoms with Gasteiger partial charge in [0.15, 0.2) is 5.78 Å². The number of thioether (sulfide) groups is 1. The number of anilines is 1. The van der Waals surface area contributed by atoms with Gasteiger partial charge in [-0.1, -0.05) is 54.7 Å². The number of carboxylic acids is 1. The third-order valence-electron chi connectivity index (χ3n) is 4.31. The summed E-state index contributed by atoms with van der Waals surface area (Å²) in [6, 6.07) is 16.4. The van der Waals surface area contributed by atoms with Crippen molar-refractivity contribution in [3.05, 3.63) is 65.7 Å². The first-order valence-electron chi connectivity index (χ1n) is 9.31. The number of aliphatic carboxylic acids is 1. The average Bonchev–Trinajstić information content (AvgIpc) is 2.72. The molecule has 2 aromatic carbocycles. The summed E-state index contributed by atoms with van der Waals surface area (Å²) in [5.74, 6) is 0.157. The van der Waals surface area contributed by atoms with Crippen LogP contribution in [0.5, 0.6) is 0 Å². The maximum atomic E-state index is 12.2. The fourth-order valence-electron chi connectivity index (χ4n) is 2.62. The number of Topliss-reactive ketones (excluding diaryl/α,β-unsaturated/α-hetero) is 1. The Labute approximate surface area is 181 Å². The van der Waals surface area contributed by atoms with Gasteiger partial charge in [0.05, 0.1) is 4.99 Å². The Kier molecular flexibility index (Phi) is 9.15. The molecule has 0 radical (unpaired) electrons. The molecule has 0 bridgehead atoms. The molecule has 0 aromatic heterocycles. The maximum Gasteiger partial charge on any atom is 0.326 e. The molecular weight excluding hydrogens is 404 g/mol. The van der Waals surface area contributed by atoms with Crippen LogP contribution in [0.15, 0.2) is 54.6 Å². The summed E-state index contributed by atoms with van der Waals surface area (Å²) < 4.78 is 0.